The van der Waals surface area contributed by atoms with Gasteiger partial charge in [0.15, 0.2) is 0 Å². The van der Waals surface area contributed by atoms with E-state index in [1.54, 1.807) is 0 Å². The second-order valence-electron chi connectivity index (χ2n) is 5.28. The molecule has 94 valence electrons. The molecule has 4 heteroatoms. The van der Waals surface area contributed by atoms with Crippen LogP contribution in [0.4, 0.5) is 0 Å². The Balaban J connectivity index is 1.89. The molecule has 2 atom stereocenters. The van der Waals surface area contributed by atoms with E-state index in [9.17, 15) is 0 Å². The number of morpholine rings is 1. The molecular weight excluding hydrogens is 204 g/mol. The van der Waals surface area contributed by atoms with Gasteiger partial charge in [0.1, 0.15) is 0 Å². The normalized spacial score (nSPS) is 37.5. The topological polar surface area (TPSA) is 47.7 Å². The first-order valence-electron chi connectivity index (χ1n) is 6.36. The summed E-state index contributed by atoms with van der Waals surface area (Å²) in [6.07, 6.45) is 2.71. The molecule has 2 aliphatic rings. The first-order chi connectivity index (χ1) is 7.74. The van der Waals surface area contributed by atoms with Gasteiger partial charge in [-0.25, -0.2) is 0 Å². The van der Waals surface area contributed by atoms with Crippen LogP contribution in [0, 0.1) is 5.41 Å². The molecule has 0 aromatic rings. The van der Waals surface area contributed by atoms with Gasteiger partial charge in [-0.1, -0.05) is 0 Å². The van der Waals surface area contributed by atoms with Crippen LogP contribution in [0.25, 0.3) is 0 Å². The lowest BCUT2D eigenvalue weighted by Gasteiger charge is -2.42. The van der Waals surface area contributed by atoms with Crippen molar-refractivity contribution in [2.24, 2.45) is 11.1 Å². The fourth-order valence-corrected chi connectivity index (χ4v) is 2.77. The van der Waals surface area contributed by atoms with Crippen molar-refractivity contribution in [1.82, 2.24) is 4.90 Å². The number of rotatable bonds is 3. The van der Waals surface area contributed by atoms with Gasteiger partial charge in [0.2, 0.25) is 0 Å². The molecule has 0 spiro atoms. The average Bonchev–Trinajstić information content (AvgIpc) is 2.30. The van der Waals surface area contributed by atoms with Crippen LogP contribution in [0.3, 0.4) is 0 Å². The van der Waals surface area contributed by atoms with Gasteiger partial charge in [0.25, 0.3) is 0 Å². The van der Waals surface area contributed by atoms with Crippen LogP contribution >= 0.6 is 0 Å². The summed E-state index contributed by atoms with van der Waals surface area (Å²) in [6, 6.07) is 0. The molecule has 0 amide bonds. The summed E-state index contributed by atoms with van der Waals surface area (Å²) >= 11 is 0. The number of ether oxygens (including phenoxy) is 2. The zero-order chi connectivity index (χ0) is 11.4. The highest BCUT2D eigenvalue weighted by atomic mass is 16.5. The molecule has 0 aliphatic carbocycles. The molecule has 2 aliphatic heterocycles. The maximum absolute atomic E-state index is 5.95. The van der Waals surface area contributed by atoms with E-state index in [1.807, 2.05) is 0 Å². The van der Waals surface area contributed by atoms with E-state index in [0.29, 0.717) is 6.10 Å². The van der Waals surface area contributed by atoms with Crippen LogP contribution in [0.2, 0.25) is 0 Å². The summed E-state index contributed by atoms with van der Waals surface area (Å²) in [5.74, 6) is 0. The maximum Gasteiger partial charge on any atom is 0.0674 e. The van der Waals surface area contributed by atoms with E-state index < -0.39 is 0 Å². The molecule has 0 radical (unpaired) electrons. The fraction of sp³-hybridized carbons (Fsp3) is 1.00. The lowest BCUT2D eigenvalue weighted by atomic mass is 9.82. The third kappa shape index (κ3) is 2.94. The van der Waals surface area contributed by atoms with Gasteiger partial charge in [-0.15, -0.1) is 0 Å². The Morgan fingerprint density at radius 3 is 2.94 bits per heavy atom. The molecule has 2 N–H and O–H groups in total. The maximum atomic E-state index is 5.95. The van der Waals surface area contributed by atoms with E-state index in [2.05, 4.69) is 11.8 Å². The Labute approximate surface area is 98.1 Å². The summed E-state index contributed by atoms with van der Waals surface area (Å²) in [5.41, 5.74) is 6.14. The number of hydrogen-bond donors (Lipinski definition) is 1. The van der Waals surface area contributed by atoms with Crippen molar-refractivity contribution in [3.05, 3.63) is 0 Å². The molecule has 0 saturated carbocycles. The first-order valence-corrected chi connectivity index (χ1v) is 6.36. The third-order valence-corrected chi connectivity index (χ3v) is 3.72. The van der Waals surface area contributed by atoms with E-state index in [-0.39, 0.29) is 5.41 Å². The van der Waals surface area contributed by atoms with E-state index in [0.717, 1.165) is 52.4 Å². The molecule has 0 bridgehead atoms. The molecule has 2 unspecified atom stereocenters. The lowest BCUT2D eigenvalue weighted by Crippen LogP contribution is -2.51. The Morgan fingerprint density at radius 2 is 2.31 bits per heavy atom. The summed E-state index contributed by atoms with van der Waals surface area (Å²) in [6.45, 7) is 8.58. The summed E-state index contributed by atoms with van der Waals surface area (Å²) in [4.78, 5) is 2.48. The van der Waals surface area contributed by atoms with Crippen molar-refractivity contribution in [1.29, 1.82) is 0 Å². The minimum atomic E-state index is 0.190. The van der Waals surface area contributed by atoms with Crippen molar-refractivity contribution in [3.63, 3.8) is 0 Å². The van der Waals surface area contributed by atoms with Crippen LogP contribution in [0.15, 0.2) is 0 Å². The van der Waals surface area contributed by atoms with Gasteiger partial charge < -0.3 is 15.2 Å². The average molecular weight is 228 g/mol. The predicted octanol–water partition coefficient (Wildman–Crippen LogP) is 0.463. The zero-order valence-electron chi connectivity index (χ0n) is 10.3. The summed E-state index contributed by atoms with van der Waals surface area (Å²) < 4.78 is 11.2. The quantitative estimate of drug-likeness (QED) is 0.762. The Morgan fingerprint density at radius 1 is 1.44 bits per heavy atom. The van der Waals surface area contributed by atoms with Crippen LogP contribution in [-0.4, -0.2) is 57.0 Å². The van der Waals surface area contributed by atoms with Crippen molar-refractivity contribution in [2.45, 2.75) is 25.9 Å². The van der Waals surface area contributed by atoms with E-state index in [4.69, 9.17) is 15.2 Å². The van der Waals surface area contributed by atoms with Crippen LogP contribution in [0.5, 0.6) is 0 Å². The van der Waals surface area contributed by atoms with Gasteiger partial charge in [0, 0.05) is 38.2 Å². The minimum absolute atomic E-state index is 0.190. The highest BCUT2D eigenvalue weighted by Gasteiger charge is 2.34. The van der Waals surface area contributed by atoms with Gasteiger partial charge in [-0.05, 0) is 19.8 Å². The van der Waals surface area contributed by atoms with Crippen LogP contribution in [0.1, 0.15) is 19.8 Å². The van der Waals surface area contributed by atoms with Crippen molar-refractivity contribution >= 4 is 0 Å². The van der Waals surface area contributed by atoms with E-state index >= 15 is 0 Å². The highest BCUT2D eigenvalue weighted by Crippen LogP contribution is 2.29. The molecule has 0 aromatic heterocycles. The van der Waals surface area contributed by atoms with Gasteiger partial charge in [-0.2, -0.15) is 0 Å². The largest absolute Gasteiger partial charge is 0.381 e. The molecule has 16 heavy (non-hydrogen) atoms. The Bertz CT molecular complexity index is 217. The summed E-state index contributed by atoms with van der Waals surface area (Å²) in [7, 11) is 0. The first kappa shape index (κ1) is 12.3. The highest BCUT2D eigenvalue weighted by molar-refractivity contribution is 4.87. The van der Waals surface area contributed by atoms with Crippen molar-refractivity contribution in [3.8, 4) is 0 Å². The molecule has 2 fully saturated rings. The zero-order valence-corrected chi connectivity index (χ0v) is 10.3. The molecule has 2 saturated heterocycles. The Kier molecular flexibility index (Phi) is 4.19. The van der Waals surface area contributed by atoms with Gasteiger partial charge >= 0.3 is 0 Å². The van der Waals surface area contributed by atoms with E-state index in [1.165, 1.54) is 6.42 Å². The minimum Gasteiger partial charge on any atom is -0.381 e. The van der Waals surface area contributed by atoms with Crippen LogP contribution in [-0.2, 0) is 9.47 Å². The molecule has 2 rings (SSSR count). The fourth-order valence-electron chi connectivity index (χ4n) is 2.77. The second-order valence-corrected chi connectivity index (χ2v) is 5.28. The predicted molar refractivity (Wildman–Crippen MR) is 63.4 cm³/mol. The van der Waals surface area contributed by atoms with Gasteiger partial charge in [-0.3, -0.25) is 4.90 Å². The standard InChI is InChI=1S/C12H24N2O2/c1-11-7-14(4-6-16-11)9-12(8-13)3-2-5-15-10-12/h11H,2-10,13H2,1H3. The number of hydrogen-bond acceptors (Lipinski definition) is 4. The van der Waals surface area contributed by atoms with Crippen LogP contribution < -0.4 is 5.73 Å². The second kappa shape index (κ2) is 5.45. The van der Waals surface area contributed by atoms with Crippen molar-refractivity contribution in [2.75, 3.05) is 46.0 Å². The Hall–Kier alpha value is -0.160. The summed E-state index contributed by atoms with van der Waals surface area (Å²) in [5, 5.41) is 0. The molecule has 2 heterocycles. The molecular formula is C12H24N2O2. The third-order valence-electron chi connectivity index (χ3n) is 3.72. The monoisotopic (exact) mass is 228 g/mol. The number of nitrogens with two attached hydrogens (primary N) is 1. The number of nitrogens with zero attached hydrogens (tertiary/aromatic N) is 1. The molecule has 4 nitrogen and oxygen atoms in total. The smallest absolute Gasteiger partial charge is 0.0674 e. The SMILES string of the molecule is CC1CN(CC2(CN)CCCOC2)CCO1. The van der Waals surface area contributed by atoms with Crippen molar-refractivity contribution < 1.29 is 9.47 Å². The van der Waals surface area contributed by atoms with Gasteiger partial charge in [0.05, 0.1) is 19.3 Å². The molecule has 0 aromatic carbocycles. The lowest BCUT2D eigenvalue weighted by molar-refractivity contribution is -0.0616.